The maximum absolute atomic E-state index is 11.9. The van der Waals surface area contributed by atoms with Crippen molar-refractivity contribution in [1.29, 1.82) is 0 Å². The van der Waals surface area contributed by atoms with Crippen molar-refractivity contribution in [2.45, 2.75) is 31.9 Å². The summed E-state index contributed by atoms with van der Waals surface area (Å²) >= 11 is 0. The lowest BCUT2D eigenvalue weighted by Crippen LogP contribution is -2.28. The average Bonchev–Trinajstić information content (AvgIpc) is 2.02. The van der Waals surface area contributed by atoms with Gasteiger partial charge in [0.2, 0.25) is 0 Å². The van der Waals surface area contributed by atoms with Crippen molar-refractivity contribution in [2.24, 2.45) is 0 Å². The number of carbonyl (C=O) groups excluding carboxylic acids is 1. The molecule has 0 atom stereocenters. The van der Waals surface area contributed by atoms with Gasteiger partial charge in [-0.15, -0.1) is 0 Å². The van der Waals surface area contributed by atoms with Gasteiger partial charge in [0.15, 0.2) is 5.78 Å². The molecule has 5 heteroatoms. The Morgan fingerprint density at radius 2 is 1.77 bits per heavy atom. The predicted molar refractivity (Wildman–Crippen MR) is 36.6 cm³/mol. The largest absolute Gasteiger partial charge is 0.869 e. The summed E-state index contributed by atoms with van der Waals surface area (Å²) in [6, 6.07) is 0. The van der Waals surface area contributed by atoms with E-state index in [-0.39, 0.29) is 12.8 Å². The van der Waals surface area contributed by atoms with Crippen LogP contribution < -0.4 is 5.11 Å². The van der Waals surface area contributed by atoms with Crippen LogP contribution in [0.15, 0.2) is 11.3 Å². The number of rotatable bonds is 0. The highest BCUT2D eigenvalue weighted by molar-refractivity contribution is 5.96. The summed E-state index contributed by atoms with van der Waals surface area (Å²) < 4.78 is 35.7. The summed E-state index contributed by atoms with van der Waals surface area (Å²) in [6.07, 6.45) is -3.80. The van der Waals surface area contributed by atoms with Gasteiger partial charge in [-0.05, 0) is 30.6 Å². The third-order valence-corrected chi connectivity index (χ3v) is 1.95. The molecule has 0 spiro atoms. The van der Waals surface area contributed by atoms with Crippen molar-refractivity contribution >= 4 is 5.78 Å². The van der Waals surface area contributed by atoms with Crippen LogP contribution in [0.1, 0.15) is 25.7 Å². The Hall–Kier alpha value is -1.00. The summed E-state index contributed by atoms with van der Waals surface area (Å²) in [7, 11) is 0. The van der Waals surface area contributed by atoms with E-state index in [1.807, 2.05) is 0 Å². The summed E-state index contributed by atoms with van der Waals surface area (Å²) in [5.74, 6) is -2.61. The third-order valence-electron chi connectivity index (χ3n) is 1.95. The van der Waals surface area contributed by atoms with Gasteiger partial charge < -0.3 is 5.11 Å². The molecule has 0 heterocycles. The minimum Gasteiger partial charge on any atom is -0.869 e. The van der Waals surface area contributed by atoms with Crippen LogP contribution in [-0.2, 0) is 4.79 Å². The number of Topliss-reactive ketones (excluding diaryl/α,β-unsaturated/α-hetero) is 1. The molecule has 0 N–H and O–H groups in total. The molecule has 0 aliphatic heterocycles. The van der Waals surface area contributed by atoms with Crippen molar-refractivity contribution in [3.63, 3.8) is 0 Å². The van der Waals surface area contributed by atoms with Crippen LogP contribution in [-0.4, -0.2) is 12.0 Å². The molecule has 0 unspecified atom stereocenters. The lowest BCUT2D eigenvalue weighted by molar-refractivity contribution is -0.361. The van der Waals surface area contributed by atoms with E-state index < -0.39 is 23.3 Å². The summed E-state index contributed by atoms with van der Waals surface area (Å²) in [4.78, 5) is 10.9. The maximum atomic E-state index is 11.9. The van der Waals surface area contributed by atoms with Gasteiger partial charge in [0, 0.05) is 6.42 Å². The fourth-order valence-corrected chi connectivity index (χ4v) is 1.29. The van der Waals surface area contributed by atoms with Crippen molar-refractivity contribution in [3.05, 3.63) is 11.3 Å². The number of halogens is 3. The zero-order valence-corrected chi connectivity index (χ0v) is 6.78. The SMILES string of the molecule is O=C1CCCCC1=C([O-])C(F)(F)F. The Morgan fingerprint density at radius 1 is 1.23 bits per heavy atom. The Kier molecular flexibility index (Phi) is 2.63. The van der Waals surface area contributed by atoms with Gasteiger partial charge in [-0.3, -0.25) is 4.79 Å². The van der Waals surface area contributed by atoms with Crippen LogP contribution in [0.4, 0.5) is 13.2 Å². The molecule has 0 bridgehead atoms. The number of alkyl halides is 3. The molecule has 0 aromatic heterocycles. The molecule has 0 amide bonds. The Balaban J connectivity index is 2.94. The molecule has 0 aromatic rings. The van der Waals surface area contributed by atoms with Gasteiger partial charge in [0.25, 0.3) is 0 Å². The third kappa shape index (κ3) is 2.23. The first-order valence-electron chi connectivity index (χ1n) is 3.93. The Morgan fingerprint density at radius 3 is 2.23 bits per heavy atom. The molecular formula is C8H8F3O2-. The van der Waals surface area contributed by atoms with Gasteiger partial charge in [-0.2, -0.15) is 13.2 Å². The quantitative estimate of drug-likeness (QED) is 0.429. The zero-order valence-electron chi connectivity index (χ0n) is 6.78. The van der Waals surface area contributed by atoms with Crippen LogP contribution in [0.3, 0.4) is 0 Å². The highest BCUT2D eigenvalue weighted by atomic mass is 19.4. The van der Waals surface area contributed by atoms with Gasteiger partial charge in [-0.25, -0.2) is 0 Å². The Labute approximate surface area is 73.1 Å². The van der Waals surface area contributed by atoms with E-state index in [1.165, 1.54) is 0 Å². The normalized spacial score (nSPS) is 23.2. The molecule has 1 aliphatic carbocycles. The van der Waals surface area contributed by atoms with Crippen LogP contribution in [0.5, 0.6) is 0 Å². The number of allylic oxidation sites excluding steroid dienone is 2. The topological polar surface area (TPSA) is 40.1 Å². The van der Waals surface area contributed by atoms with E-state index in [0.29, 0.717) is 12.8 Å². The van der Waals surface area contributed by atoms with E-state index in [0.717, 1.165) is 0 Å². The summed E-state index contributed by atoms with van der Waals surface area (Å²) in [5, 5.41) is 10.6. The second-order valence-corrected chi connectivity index (χ2v) is 2.94. The Bertz CT molecular complexity index is 253. The van der Waals surface area contributed by atoms with Crippen molar-refractivity contribution < 1.29 is 23.1 Å². The number of hydrogen-bond donors (Lipinski definition) is 0. The van der Waals surface area contributed by atoms with Crippen LogP contribution >= 0.6 is 0 Å². The lowest BCUT2D eigenvalue weighted by atomic mass is 9.92. The zero-order chi connectivity index (χ0) is 10.1. The fraction of sp³-hybridized carbons (Fsp3) is 0.625. The molecule has 2 nitrogen and oxygen atoms in total. The predicted octanol–water partition coefficient (Wildman–Crippen LogP) is 1.31. The standard InChI is InChI=1S/C8H9F3O2/c9-8(10,11)7(13)5-3-1-2-4-6(5)12/h13H,1-4H2/p-1. The van der Waals surface area contributed by atoms with E-state index >= 15 is 0 Å². The molecule has 0 radical (unpaired) electrons. The lowest BCUT2D eigenvalue weighted by Gasteiger charge is -2.23. The molecule has 1 aliphatic rings. The van der Waals surface area contributed by atoms with Gasteiger partial charge in [-0.1, -0.05) is 0 Å². The highest BCUT2D eigenvalue weighted by Crippen LogP contribution is 2.29. The van der Waals surface area contributed by atoms with Crippen LogP contribution in [0, 0.1) is 0 Å². The highest BCUT2D eigenvalue weighted by Gasteiger charge is 2.31. The number of ketones is 1. The van der Waals surface area contributed by atoms with E-state index in [9.17, 15) is 23.1 Å². The van der Waals surface area contributed by atoms with Gasteiger partial charge in [0.05, 0.1) is 0 Å². The first kappa shape index (κ1) is 10.1. The minimum atomic E-state index is -4.90. The monoisotopic (exact) mass is 193 g/mol. The smallest absolute Gasteiger partial charge is 0.402 e. The van der Waals surface area contributed by atoms with E-state index in [4.69, 9.17) is 0 Å². The van der Waals surface area contributed by atoms with E-state index in [2.05, 4.69) is 0 Å². The number of hydrogen-bond acceptors (Lipinski definition) is 2. The first-order chi connectivity index (χ1) is 5.93. The van der Waals surface area contributed by atoms with Gasteiger partial charge in [0.1, 0.15) is 0 Å². The number of carbonyl (C=O) groups is 1. The molecule has 1 saturated carbocycles. The summed E-state index contributed by atoms with van der Waals surface area (Å²) in [5.41, 5.74) is -0.571. The molecule has 13 heavy (non-hydrogen) atoms. The second kappa shape index (κ2) is 3.40. The van der Waals surface area contributed by atoms with Crippen molar-refractivity contribution in [2.75, 3.05) is 0 Å². The molecule has 1 rings (SSSR count). The molecule has 74 valence electrons. The van der Waals surface area contributed by atoms with Crippen LogP contribution in [0.25, 0.3) is 0 Å². The van der Waals surface area contributed by atoms with Gasteiger partial charge >= 0.3 is 6.18 Å². The average molecular weight is 193 g/mol. The second-order valence-electron chi connectivity index (χ2n) is 2.94. The van der Waals surface area contributed by atoms with Crippen molar-refractivity contribution in [3.8, 4) is 0 Å². The van der Waals surface area contributed by atoms with Crippen molar-refractivity contribution in [1.82, 2.24) is 0 Å². The fourth-order valence-electron chi connectivity index (χ4n) is 1.29. The maximum Gasteiger partial charge on any atom is 0.402 e. The van der Waals surface area contributed by atoms with E-state index in [1.54, 1.807) is 0 Å². The first-order valence-corrected chi connectivity index (χ1v) is 3.93. The molecule has 0 aromatic carbocycles. The van der Waals surface area contributed by atoms with Crippen LogP contribution in [0.2, 0.25) is 0 Å². The molecule has 1 fully saturated rings. The molecule has 0 saturated heterocycles. The molecular weight excluding hydrogens is 185 g/mol. The summed E-state index contributed by atoms with van der Waals surface area (Å²) in [6.45, 7) is 0. The minimum absolute atomic E-state index is 0.0306.